The molecule has 10 heteroatoms. The van der Waals surface area contributed by atoms with Gasteiger partial charge in [0.25, 0.3) is 0 Å². The molecule has 0 saturated carbocycles. The minimum Gasteiger partial charge on any atom is -1.00 e. The Morgan fingerprint density at radius 3 is 2.53 bits per heavy atom. The Morgan fingerprint density at radius 2 is 1.97 bits per heavy atom. The van der Waals surface area contributed by atoms with E-state index in [0.29, 0.717) is 23.6 Å². The summed E-state index contributed by atoms with van der Waals surface area (Å²) >= 11 is 0. The number of hydrogen-bond acceptors (Lipinski definition) is 8. The summed E-state index contributed by atoms with van der Waals surface area (Å²) in [6.45, 7) is 1.82. The van der Waals surface area contributed by atoms with Crippen LogP contribution in [-0.4, -0.2) is 73.1 Å². The number of fused-ring (bicyclic) bond motifs is 1. The van der Waals surface area contributed by atoms with Crippen molar-refractivity contribution >= 4 is 5.78 Å². The number of benzene rings is 1. The maximum Gasteiger partial charge on any atom is 0.249 e. The molecule has 0 spiro atoms. The van der Waals surface area contributed by atoms with Gasteiger partial charge in [0, 0.05) is 24.7 Å². The summed E-state index contributed by atoms with van der Waals surface area (Å²) in [5.41, 5.74) is -1.05. The molecule has 162 valence electrons. The predicted octanol–water partition coefficient (Wildman–Crippen LogP) is -1.37. The van der Waals surface area contributed by atoms with E-state index in [1.807, 2.05) is 6.92 Å². The lowest BCUT2D eigenvalue weighted by molar-refractivity contribution is -1.18. The van der Waals surface area contributed by atoms with Crippen LogP contribution in [0.4, 0.5) is 0 Å². The zero-order chi connectivity index (χ0) is 20.8. The minimum absolute atomic E-state index is 0. The quantitative estimate of drug-likeness (QED) is 0.356. The standard InChI is InChI=1S/C20H25N4O5.ClH/c1-3-18-22(27)17-14-24(18,28)23(17)20(10-4-5-11-21(20)12-13-25)19(26)15-6-8-16(29-2)9-7-15;/h4-11,14,18,25,27-28H,3,12-13H2,1-2H3;1H/q+1;/p-1. The van der Waals surface area contributed by atoms with Gasteiger partial charge in [-0.3, -0.25) is 10.0 Å². The van der Waals surface area contributed by atoms with Crippen LogP contribution in [0.3, 0.4) is 0 Å². The normalized spacial score (nSPS) is 28.8. The molecule has 1 aromatic rings. The average Bonchev–Trinajstić information content (AvgIpc) is 3.11. The van der Waals surface area contributed by atoms with E-state index in [4.69, 9.17) is 4.74 Å². The van der Waals surface area contributed by atoms with Crippen LogP contribution in [0, 0.1) is 0 Å². The van der Waals surface area contributed by atoms with Gasteiger partial charge in [0.15, 0.2) is 0 Å². The van der Waals surface area contributed by atoms with Crippen molar-refractivity contribution in [2.45, 2.75) is 25.2 Å². The number of nitrogens with zero attached hydrogens (tertiary/aromatic N) is 4. The van der Waals surface area contributed by atoms with E-state index in [9.17, 15) is 20.3 Å². The Labute approximate surface area is 180 Å². The van der Waals surface area contributed by atoms with Gasteiger partial charge in [0.1, 0.15) is 5.75 Å². The second-order valence-corrected chi connectivity index (χ2v) is 7.13. The molecule has 9 nitrogen and oxygen atoms in total. The van der Waals surface area contributed by atoms with E-state index in [0.717, 1.165) is 5.06 Å². The number of β-amino-alcohol motifs (C(OH)–C–C–N with tert-alkyl or cyclic N) is 1. The second kappa shape index (κ2) is 7.93. The summed E-state index contributed by atoms with van der Waals surface area (Å²) in [7, 11) is 1.55. The first kappa shape index (κ1) is 22.1. The van der Waals surface area contributed by atoms with Crippen LogP contribution in [0.5, 0.6) is 5.75 Å². The van der Waals surface area contributed by atoms with Crippen molar-refractivity contribution in [3.8, 4) is 5.75 Å². The topological polar surface area (TPSA) is 96.7 Å². The zero-order valence-corrected chi connectivity index (χ0v) is 17.5. The maximum atomic E-state index is 13.9. The Hall–Kier alpha value is -2.56. The Balaban J connectivity index is 0.00000256. The number of Topliss-reactive ketones (excluding diaryl/α,β-unsaturated/α-hetero) is 1. The van der Waals surface area contributed by atoms with Crippen molar-refractivity contribution in [2.75, 3.05) is 20.3 Å². The lowest BCUT2D eigenvalue weighted by Gasteiger charge is -2.51. The third-order valence-electron chi connectivity index (χ3n) is 5.66. The van der Waals surface area contributed by atoms with Crippen LogP contribution in [0.2, 0.25) is 0 Å². The van der Waals surface area contributed by atoms with E-state index in [1.54, 1.807) is 60.7 Å². The minimum atomic E-state index is -1.46. The van der Waals surface area contributed by atoms with Gasteiger partial charge >= 0.3 is 0 Å². The molecule has 4 aliphatic rings. The summed E-state index contributed by atoms with van der Waals surface area (Å²) in [6.07, 6.45) is 8.17. The van der Waals surface area contributed by atoms with E-state index >= 15 is 0 Å². The van der Waals surface area contributed by atoms with Crippen molar-refractivity contribution < 1.29 is 42.2 Å². The summed E-state index contributed by atoms with van der Waals surface area (Å²) in [4.78, 5) is 15.5. The number of quaternary nitrogens is 1. The lowest BCUT2D eigenvalue weighted by Crippen LogP contribution is -3.00. The summed E-state index contributed by atoms with van der Waals surface area (Å²) in [5.74, 6) is 0.654. The Bertz CT molecular complexity index is 905. The van der Waals surface area contributed by atoms with Gasteiger partial charge in [-0.15, -0.1) is 5.01 Å². The highest BCUT2D eigenvalue weighted by Crippen LogP contribution is 2.51. The number of halogens is 1. The first-order chi connectivity index (χ1) is 13.9. The molecule has 0 amide bonds. The SMILES string of the molecule is CCC1N(O)C2=C[N+]1(O)N2C1(C(=O)c2ccc(OC)cc2)C=CC=CN1CCO.[Cl-]. The number of hydrogen-bond donors (Lipinski definition) is 3. The summed E-state index contributed by atoms with van der Waals surface area (Å²) in [6, 6.07) is 6.71. The average molecular weight is 437 g/mol. The highest BCUT2D eigenvalue weighted by molar-refractivity contribution is 6.05. The number of carbonyl (C=O) groups is 1. The molecule has 3 unspecified atom stereocenters. The Morgan fingerprint density at radius 1 is 1.27 bits per heavy atom. The summed E-state index contributed by atoms with van der Waals surface area (Å²) in [5, 5.41) is 33.9. The van der Waals surface area contributed by atoms with Gasteiger partial charge in [-0.05, 0) is 41.2 Å². The van der Waals surface area contributed by atoms with Crippen LogP contribution in [0.1, 0.15) is 23.7 Å². The number of ketones is 1. The molecule has 1 fully saturated rings. The van der Waals surface area contributed by atoms with Gasteiger partial charge in [0.2, 0.25) is 29.6 Å². The maximum absolute atomic E-state index is 13.9. The van der Waals surface area contributed by atoms with Crippen LogP contribution < -0.4 is 17.1 Å². The highest BCUT2D eigenvalue weighted by Gasteiger charge is 2.73. The van der Waals surface area contributed by atoms with Crippen molar-refractivity contribution in [2.24, 2.45) is 0 Å². The Kier molecular flexibility index (Phi) is 5.85. The van der Waals surface area contributed by atoms with Crippen LogP contribution in [0.15, 0.2) is 60.7 Å². The smallest absolute Gasteiger partial charge is 0.249 e. The number of rotatable bonds is 7. The number of aliphatic hydroxyl groups excluding tert-OH is 1. The number of methoxy groups -OCH3 is 1. The van der Waals surface area contributed by atoms with Gasteiger partial charge in [0.05, 0.1) is 13.7 Å². The fraction of sp³-hybridized carbons (Fsp3) is 0.350. The van der Waals surface area contributed by atoms with E-state index in [-0.39, 0.29) is 31.3 Å². The molecule has 2 bridgehead atoms. The van der Waals surface area contributed by atoms with Gasteiger partial charge in [-0.2, -0.15) is 10.3 Å². The monoisotopic (exact) mass is 436 g/mol. The zero-order valence-electron chi connectivity index (χ0n) is 16.7. The number of ether oxygens (including phenoxy) is 1. The molecule has 1 saturated heterocycles. The third-order valence-corrected chi connectivity index (χ3v) is 5.66. The van der Waals surface area contributed by atoms with Gasteiger partial charge in [-0.25, -0.2) is 0 Å². The number of aliphatic hydroxyl groups is 1. The molecule has 30 heavy (non-hydrogen) atoms. The van der Waals surface area contributed by atoms with E-state index in [1.165, 1.54) is 11.2 Å². The number of hydroxylamine groups is 4. The van der Waals surface area contributed by atoms with Crippen molar-refractivity contribution in [3.05, 3.63) is 66.3 Å². The largest absolute Gasteiger partial charge is 1.00 e. The highest BCUT2D eigenvalue weighted by atomic mass is 35.5. The van der Waals surface area contributed by atoms with Crippen LogP contribution in [0.25, 0.3) is 0 Å². The lowest BCUT2D eigenvalue weighted by atomic mass is 9.92. The first-order valence-electron chi connectivity index (χ1n) is 9.49. The molecule has 4 aliphatic heterocycles. The molecule has 0 aliphatic carbocycles. The summed E-state index contributed by atoms with van der Waals surface area (Å²) < 4.78 is 4.46. The molecule has 3 atom stereocenters. The van der Waals surface area contributed by atoms with Gasteiger partial charge in [-0.1, -0.05) is 13.0 Å². The first-order valence-corrected chi connectivity index (χ1v) is 9.49. The molecule has 0 aromatic heterocycles. The molecular weight excluding hydrogens is 412 g/mol. The fourth-order valence-corrected chi connectivity index (χ4v) is 4.29. The van der Waals surface area contributed by atoms with Gasteiger partial charge < -0.3 is 27.2 Å². The van der Waals surface area contributed by atoms with Crippen LogP contribution in [-0.2, 0) is 0 Å². The van der Waals surface area contributed by atoms with E-state index in [2.05, 4.69) is 0 Å². The number of allylic oxidation sites excluding steroid dienone is 2. The molecule has 0 radical (unpaired) electrons. The predicted molar refractivity (Wildman–Crippen MR) is 102 cm³/mol. The van der Waals surface area contributed by atoms with E-state index < -0.39 is 16.6 Å². The molecule has 4 heterocycles. The second-order valence-electron chi connectivity index (χ2n) is 7.13. The van der Waals surface area contributed by atoms with Crippen molar-refractivity contribution in [1.29, 1.82) is 0 Å². The molecular formula is C20H25ClN4O5. The fourth-order valence-electron chi connectivity index (χ4n) is 4.29. The van der Waals surface area contributed by atoms with Crippen LogP contribution >= 0.6 is 0 Å². The molecule has 5 rings (SSSR count). The third kappa shape index (κ3) is 2.82. The van der Waals surface area contributed by atoms with Crippen molar-refractivity contribution in [1.82, 2.24) is 15.0 Å². The molecule has 3 N–H and O–H groups in total. The molecule has 1 aromatic carbocycles. The number of carbonyl (C=O) groups excluding carboxylic acids is 1. The van der Waals surface area contributed by atoms with Crippen molar-refractivity contribution in [3.63, 3.8) is 0 Å².